The quantitative estimate of drug-likeness (QED) is 0.335. The van der Waals surface area contributed by atoms with Gasteiger partial charge in [0.1, 0.15) is 11.2 Å². The first kappa shape index (κ1) is 40.3. The monoisotopic (exact) mass is 687 g/mol. The number of ether oxygens (including phenoxy) is 2. The molecule has 13 heteroatoms. The van der Waals surface area contributed by atoms with Crippen LogP contribution in [0, 0.1) is 0 Å². The lowest BCUT2D eigenvalue weighted by atomic mass is 9.79. The van der Waals surface area contributed by atoms with Crippen LogP contribution < -0.4 is 21.1 Å². The summed E-state index contributed by atoms with van der Waals surface area (Å²) in [5, 5.41) is 2.71. The molecule has 0 radical (unpaired) electrons. The second-order valence-corrected chi connectivity index (χ2v) is 16.1. The normalized spacial score (nSPS) is 19.0. The van der Waals surface area contributed by atoms with Crippen LogP contribution in [0.1, 0.15) is 98.3 Å². The number of nitrogens with zero attached hydrogens (tertiary/aromatic N) is 1. The molecule has 2 heterocycles. The Morgan fingerprint density at radius 3 is 1.35 bits per heavy atom. The Morgan fingerprint density at radius 1 is 0.694 bits per heavy atom. The molecule has 4 rings (SSSR count). The molecule has 0 bridgehead atoms. The molecule has 2 fully saturated rings. The van der Waals surface area contributed by atoms with E-state index in [-0.39, 0.29) is 28.5 Å². The zero-order valence-corrected chi connectivity index (χ0v) is 32.1. The molecule has 2 aliphatic heterocycles. The molecule has 2 aromatic rings. The van der Waals surface area contributed by atoms with Crippen LogP contribution in [-0.2, 0) is 28.1 Å². The van der Waals surface area contributed by atoms with Gasteiger partial charge in [-0.15, -0.1) is 0 Å². The number of carbonyl (C=O) groups excluding carboxylic acids is 2. The first-order valence-corrected chi connectivity index (χ1v) is 16.4. The Balaban J connectivity index is 0.000000322. The molecule has 2 saturated heterocycles. The standard InChI is InChI=1S/C18H28BNO4.C17H26BNO4.CH3F/c1-16(2,3)22-15(21)20(8)14-11-9-13(10-12-14)19-23-17(4,5)18(6,7)24-19;1-15(2,3)21-14(20)19-13-10-8-12(9-11-13)18-22-16(4,5)17(6,7)23-18;1-2/h9-12H,1-8H3;8-11H,1-7H3,(H,19,20);1H3/i;;1D. The Kier molecular flexibility index (Phi) is 12.7. The SMILES string of the molecule is CC(C)(C)OC(=O)Nc1ccc(B2OC(C)(C)C(C)(C)O2)cc1.CN(C(=O)OC(C)(C)C)c1ccc(B2OC(C)(C)C(C)(C)O2)cc1.[2H]CF. The highest BCUT2D eigenvalue weighted by Crippen LogP contribution is 2.37. The van der Waals surface area contributed by atoms with Crippen LogP contribution in [0.2, 0.25) is 0 Å². The minimum atomic E-state index is -1.00. The predicted molar refractivity (Wildman–Crippen MR) is 196 cm³/mol. The van der Waals surface area contributed by atoms with E-state index in [0.29, 0.717) is 5.69 Å². The van der Waals surface area contributed by atoms with Gasteiger partial charge in [0.05, 0.1) is 30.9 Å². The molecule has 49 heavy (non-hydrogen) atoms. The van der Waals surface area contributed by atoms with E-state index in [1.165, 1.54) is 4.90 Å². The van der Waals surface area contributed by atoms with Gasteiger partial charge in [-0.05, 0) is 132 Å². The minimum Gasteiger partial charge on any atom is -0.444 e. The molecule has 1 N–H and O–H groups in total. The van der Waals surface area contributed by atoms with Crippen molar-refractivity contribution in [2.24, 2.45) is 0 Å². The highest BCUT2D eigenvalue weighted by atomic mass is 19.1. The molecular formula is C36H57B2FN2O8. The second-order valence-electron chi connectivity index (χ2n) is 16.1. The van der Waals surface area contributed by atoms with Gasteiger partial charge in [0, 0.05) is 18.4 Å². The number of halogens is 1. The number of anilines is 2. The van der Waals surface area contributed by atoms with Gasteiger partial charge in [-0.25, -0.2) is 9.59 Å². The molecule has 0 saturated carbocycles. The number of rotatable bonds is 4. The fourth-order valence-electron chi connectivity index (χ4n) is 4.39. The van der Waals surface area contributed by atoms with Crippen molar-refractivity contribution < 1.29 is 43.4 Å². The second kappa shape index (κ2) is 15.4. The summed E-state index contributed by atoms with van der Waals surface area (Å²) in [7, 11) is -0.121. The summed E-state index contributed by atoms with van der Waals surface area (Å²) in [6.45, 7) is 27.2. The Morgan fingerprint density at radius 2 is 1.02 bits per heavy atom. The summed E-state index contributed by atoms with van der Waals surface area (Å²) in [6.07, 6.45) is -0.855. The Hall–Kier alpha value is -3.12. The van der Waals surface area contributed by atoms with Crippen LogP contribution in [0.25, 0.3) is 0 Å². The molecular weight excluding hydrogens is 629 g/mol. The fourth-order valence-corrected chi connectivity index (χ4v) is 4.39. The predicted octanol–water partition coefficient (Wildman–Crippen LogP) is 7.28. The Labute approximate surface area is 295 Å². The molecule has 0 atom stereocenters. The van der Waals surface area contributed by atoms with Crippen molar-refractivity contribution in [2.75, 3.05) is 24.4 Å². The van der Waals surface area contributed by atoms with Gasteiger partial charge in [0.25, 0.3) is 0 Å². The maximum atomic E-state index is 12.1. The molecule has 2 aromatic carbocycles. The van der Waals surface area contributed by atoms with E-state index < -0.39 is 38.7 Å². The van der Waals surface area contributed by atoms with Gasteiger partial charge >= 0.3 is 26.4 Å². The van der Waals surface area contributed by atoms with E-state index in [9.17, 15) is 14.0 Å². The van der Waals surface area contributed by atoms with Crippen LogP contribution >= 0.6 is 0 Å². The van der Waals surface area contributed by atoms with E-state index in [2.05, 4.69) is 5.32 Å². The topological polar surface area (TPSA) is 105 Å². The molecule has 0 unspecified atom stereocenters. The van der Waals surface area contributed by atoms with E-state index >= 15 is 0 Å². The van der Waals surface area contributed by atoms with Gasteiger partial charge in [0.15, 0.2) is 0 Å². The van der Waals surface area contributed by atoms with Crippen LogP contribution in [-0.4, -0.2) is 74.2 Å². The van der Waals surface area contributed by atoms with Gasteiger partial charge in [0.2, 0.25) is 0 Å². The van der Waals surface area contributed by atoms with Gasteiger partial charge < -0.3 is 28.1 Å². The van der Waals surface area contributed by atoms with E-state index in [4.69, 9.17) is 29.5 Å². The summed E-state index contributed by atoms with van der Waals surface area (Å²) in [4.78, 5) is 25.4. The number of benzene rings is 2. The summed E-state index contributed by atoms with van der Waals surface area (Å²) in [5.41, 5.74) is 0.738. The number of amides is 2. The summed E-state index contributed by atoms with van der Waals surface area (Å²) >= 11 is 0. The zero-order chi connectivity index (χ0) is 38.5. The molecule has 2 aliphatic rings. The lowest BCUT2D eigenvalue weighted by Crippen LogP contribution is -2.41. The van der Waals surface area contributed by atoms with E-state index in [1.807, 2.05) is 145 Å². The molecule has 0 spiro atoms. The Bertz CT molecular complexity index is 1390. The number of carbonyl (C=O) groups is 2. The lowest BCUT2D eigenvalue weighted by molar-refractivity contribution is 0.00578. The van der Waals surface area contributed by atoms with Crippen molar-refractivity contribution in [3.05, 3.63) is 48.5 Å². The van der Waals surface area contributed by atoms with E-state index in [0.717, 1.165) is 16.6 Å². The van der Waals surface area contributed by atoms with Gasteiger partial charge in [-0.3, -0.25) is 14.6 Å². The van der Waals surface area contributed by atoms with Crippen molar-refractivity contribution in [3.63, 3.8) is 0 Å². The summed E-state index contributed by atoms with van der Waals surface area (Å²) < 4.78 is 50.2. The van der Waals surface area contributed by atoms with E-state index in [1.54, 1.807) is 7.05 Å². The van der Waals surface area contributed by atoms with Crippen LogP contribution in [0.4, 0.5) is 25.4 Å². The van der Waals surface area contributed by atoms with Crippen molar-refractivity contribution in [1.29, 1.82) is 0 Å². The molecule has 2 amide bonds. The smallest absolute Gasteiger partial charge is 0.444 e. The average Bonchev–Trinajstić information content (AvgIpc) is 3.31. The first-order valence-electron chi connectivity index (χ1n) is 17.1. The van der Waals surface area contributed by atoms with Crippen molar-refractivity contribution >= 4 is 48.7 Å². The van der Waals surface area contributed by atoms with Crippen LogP contribution in [0.3, 0.4) is 0 Å². The highest BCUT2D eigenvalue weighted by molar-refractivity contribution is 6.62. The maximum absolute atomic E-state index is 12.1. The van der Waals surface area contributed by atoms with Gasteiger partial charge in [-0.1, -0.05) is 24.3 Å². The molecule has 0 aromatic heterocycles. The average molecular weight is 687 g/mol. The highest BCUT2D eigenvalue weighted by Gasteiger charge is 2.52. The third kappa shape index (κ3) is 11.5. The third-order valence-electron chi connectivity index (χ3n) is 8.55. The number of nitrogens with one attached hydrogen (secondary N) is 1. The first-order chi connectivity index (χ1) is 22.6. The zero-order valence-electron chi connectivity index (χ0n) is 33.1. The van der Waals surface area contributed by atoms with Crippen LogP contribution in [0.5, 0.6) is 0 Å². The lowest BCUT2D eigenvalue weighted by Gasteiger charge is -2.32. The summed E-state index contributed by atoms with van der Waals surface area (Å²) in [6, 6.07) is 14.9. The number of alkyl halides is 1. The van der Waals surface area contributed by atoms with Crippen molar-refractivity contribution in [3.8, 4) is 0 Å². The maximum Gasteiger partial charge on any atom is 0.494 e. The molecule has 272 valence electrons. The van der Waals surface area contributed by atoms with Crippen molar-refractivity contribution in [2.45, 2.75) is 131 Å². The minimum absolute atomic E-state index is 0.370. The molecule has 0 aliphatic carbocycles. The van der Waals surface area contributed by atoms with Gasteiger partial charge in [-0.2, -0.15) is 0 Å². The largest absolute Gasteiger partial charge is 0.494 e. The fraction of sp³-hybridized carbons (Fsp3) is 0.611. The van der Waals surface area contributed by atoms with Crippen LogP contribution in [0.15, 0.2) is 48.5 Å². The third-order valence-corrected chi connectivity index (χ3v) is 8.55. The number of hydrogen-bond acceptors (Lipinski definition) is 8. The number of hydrogen-bond donors (Lipinski definition) is 1. The van der Waals surface area contributed by atoms with Crippen molar-refractivity contribution in [1.82, 2.24) is 0 Å². The molecule has 10 nitrogen and oxygen atoms in total. The summed E-state index contributed by atoms with van der Waals surface area (Å²) in [5.74, 6) is 0.